The van der Waals surface area contributed by atoms with E-state index in [0.717, 1.165) is 0 Å². The molecule has 0 heterocycles. The van der Waals surface area contributed by atoms with Gasteiger partial charge in [0.15, 0.2) is 0 Å². The first kappa shape index (κ1) is 9.67. The first-order valence-electron chi connectivity index (χ1n) is 3.87. The van der Waals surface area contributed by atoms with E-state index in [4.69, 9.17) is 19.7 Å². The molecule has 0 bridgehead atoms. The Bertz CT molecular complexity index is 252. The van der Waals surface area contributed by atoms with E-state index < -0.39 is 0 Å². The standard InChI is InChI=1S/C9H12O4/c1-12-2-3-13-9-5-7(10)4-8(11)6-9/h4-6,10-11H,2-3H2,1H3. The Morgan fingerprint density at radius 3 is 2.23 bits per heavy atom. The van der Waals surface area contributed by atoms with Crippen molar-refractivity contribution >= 4 is 0 Å². The van der Waals surface area contributed by atoms with Crippen molar-refractivity contribution in [3.05, 3.63) is 18.2 Å². The van der Waals surface area contributed by atoms with Gasteiger partial charge in [-0.3, -0.25) is 0 Å². The second-order valence-corrected chi connectivity index (χ2v) is 2.53. The SMILES string of the molecule is COCCOc1cc(O)cc(O)c1. The van der Waals surface area contributed by atoms with Crippen LogP contribution in [0.25, 0.3) is 0 Å². The van der Waals surface area contributed by atoms with Crippen LogP contribution in [0.4, 0.5) is 0 Å². The second-order valence-electron chi connectivity index (χ2n) is 2.53. The predicted molar refractivity (Wildman–Crippen MR) is 47.1 cm³/mol. The van der Waals surface area contributed by atoms with Crippen LogP contribution in [0.1, 0.15) is 0 Å². The lowest BCUT2D eigenvalue weighted by atomic mass is 10.3. The van der Waals surface area contributed by atoms with Crippen molar-refractivity contribution in [2.24, 2.45) is 0 Å². The molecule has 0 aliphatic rings. The summed E-state index contributed by atoms with van der Waals surface area (Å²) in [7, 11) is 1.57. The summed E-state index contributed by atoms with van der Waals surface area (Å²) in [6, 6.07) is 4.09. The molecule has 1 aromatic carbocycles. The number of ether oxygens (including phenoxy) is 2. The minimum atomic E-state index is -0.0209. The second kappa shape index (κ2) is 4.57. The molecule has 0 amide bonds. The van der Waals surface area contributed by atoms with Gasteiger partial charge in [-0.1, -0.05) is 0 Å². The van der Waals surface area contributed by atoms with Crippen molar-refractivity contribution in [2.75, 3.05) is 20.3 Å². The van der Waals surface area contributed by atoms with E-state index in [0.29, 0.717) is 19.0 Å². The van der Waals surface area contributed by atoms with Crippen LogP contribution < -0.4 is 4.74 Å². The molecule has 1 rings (SSSR count). The van der Waals surface area contributed by atoms with Gasteiger partial charge in [-0.15, -0.1) is 0 Å². The van der Waals surface area contributed by atoms with Crippen LogP contribution >= 0.6 is 0 Å². The molecule has 1 aromatic rings. The van der Waals surface area contributed by atoms with E-state index in [-0.39, 0.29) is 11.5 Å². The number of phenols is 2. The molecule has 0 aliphatic heterocycles. The molecule has 0 atom stereocenters. The van der Waals surface area contributed by atoms with Crippen molar-refractivity contribution < 1.29 is 19.7 Å². The number of benzene rings is 1. The first-order chi connectivity index (χ1) is 6.22. The Kier molecular flexibility index (Phi) is 3.40. The largest absolute Gasteiger partial charge is 0.508 e. The molecule has 13 heavy (non-hydrogen) atoms. The number of phenolic OH excluding ortho intramolecular Hbond substituents is 2. The summed E-state index contributed by atoms with van der Waals surface area (Å²) in [5.41, 5.74) is 0. The van der Waals surface area contributed by atoms with Crippen molar-refractivity contribution in [1.29, 1.82) is 0 Å². The third-order valence-corrected chi connectivity index (χ3v) is 1.43. The molecule has 2 N–H and O–H groups in total. The van der Waals surface area contributed by atoms with Crippen LogP contribution in [0.3, 0.4) is 0 Å². The van der Waals surface area contributed by atoms with Crippen LogP contribution in [-0.4, -0.2) is 30.5 Å². The Morgan fingerprint density at radius 2 is 1.69 bits per heavy atom. The van der Waals surface area contributed by atoms with Gasteiger partial charge in [0, 0.05) is 25.3 Å². The molecular weight excluding hydrogens is 172 g/mol. The van der Waals surface area contributed by atoms with Gasteiger partial charge in [0.2, 0.25) is 0 Å². The quantitative estimate of drug-likeness (QED) is 0.688. The smallest absolute Gasteiger partial charge is 0.126 e. The normalized spacial score (nSPS) is 9.92. The molecule has 0 fully saturated rings. The summed E-state index contributed by atoms with van der Waals surface area (Å²) in [5.74, 6) is 0.384. The lowest BCUT2D eigenvalue weighted by molar-refractivity contribution is 0.146. The van der Waals surface area contributed by atoms with Gasteiger partial charge in [0.1, 0.15) is 23.9 Å². The number of hydrogen-bond donors (Lipinski definition) is 2. The summed E-state index contributed by atoms with van der Waals surface area (Å²) in [6.07, 6.45) is 0. The highest BCUT2D eigenvalue weighted by atomic mass is 16.5. The molecule has 0 unspecified atom stereocenters. The van der Waals surface area contributed by atoms with Gasteiger partial charge in [0.25, 0.3) is 0 Å². The lowest BCUT2D eigenvalue weighted by Gasteiger charge is -2.05. The summed E-state index contributed by atoms with van der Waals surface area (Å²) >= 11 is 0. The summed E-state index contributed by atoms with van der Waals surface area (Å²) in [5, 5.41) is 18.2. The monoisotopic (exact) mass is 184 g/mol. The maximum absolute atomic E-state index is 9.08. The zero-order valence-corrected chi connectivity index (χ0v) is 7.36. The predicted octanol–water partition coefficient (Wildman–Crippen LogP) is 1.12. The third-order valence-electron chi connectivity index (χ3n) is 1.43. The maximum Gasteiger partial charge on any atom is 0.126 e. The average molecular weight is 184 g/mol. The van der Waals surface area contributed by atoms with E-state index in [9.17, 15) is 0 Å². The number of hydrogen-bond acceptors (Lipinski definition) is 4. The van der Waals surface area contributed by atoms with Gasteiger partial charge in [-0.25, -0.2) is 0 Å². The molecule has 0 aromatic heterocycles. The first-order valence-corrected chi connectivity index (χ1v) is 3.87. The average Bonchev–Trinajstić information content (AvgIpc) is 2.03. The van der Waals surface area contributed by atoms with E-state index in [1.807, 2.05) is 0 Å². The molecule has 0 saturated heterocycles. The minimum absolute atomic E-state index is 0.0209. The summed E-state index contributed by atoms with van der Waals surface area (Å²) < 4.78 is 9.94. The van der Waals surface area contributed by atoms with Crippen LogP contribution in [0, 0.1) is 0 Å². The highest BCUT2D eigenvalue weighted by Crippen LogP contribution is 2.25. The summed E-state index contributed by atoms with van der Waals surface area (Å²) in [6.45, 7) is 0.857. The van der Waals surface area contributed by atoms with Crippen LogP contribution in [0.2, 0.25) is 0 Å². The van der Waals surface area contributed by atoms with Crippen molar-refractivity contribution in [3.63, 3.8) is 0 Å². The number of methoxy groups -OCH3 is 1. The van der Waals surface area contributed by atoms with Crippen molar-refractivity contribution in [3.8, 4) is 17.2 Å². The molecular formula is C9H12O4. The Balaban J connectivity index is 2.56. The van der Waals surface area contributed by atoms with Gasteiger partial charge in [0.05, 0.1) is 6.61 Å². The Morgan fingerprint density at radius 1 is 1.08 bits per heavy atom. The Labute approximate surface area is 76.3 Å². The van der Waals surface area contributed by atoms with Crippen LogP contribution in [0.5, 0.6) is 17.2 Å². The lowest BCUT2D eigenvalue weighted by Crippen LogP contribution is -2.03. The third kappa shape index (κ3) is 3.21. The van der Waals surface area contributed by atoms with E-state index in [2.05, 4.69) is 0 Å². The topological polar surface area (TPSA) is 58.9 Å². The van der Waals surface area contributed by atoms with E-state index in [1.54, 1.807) is 7.11 Å². The van der Waals surface area contributed by atoms with Crippen molar-refractivity contribution in [2.45, 2.75) is 0 Å². The zero-order chi connectivity index (χ0) is 9.68. The molecule has 4 heteroatoms. The maximum atomic E-state index is 9.08. The van der Waals surface area contributed by atoms with E-state index >= 15 is 0 Å². The van der Waals surface area contributed by atoms with Crippen LogP contribution in [0.15, 0.2) is 18.2 Å². The fraction of sp³-hybridized carbons (Fsp3) is 0.333. The fourth-order valence-corrected chi connectivity index (χ4v) is 0.894. The Hall–Kier alpha value is -1.42. The van der Waals surface area contributed by atoms with Gasteiger partial charge >= 0.3 is 0 Å². The van der Waals surface area contributed by atoms with Gasteiger partial charge in [-0.05, 0) is 0 Å². The summed E-state index contributed by atoms with van der Waals surface area (Å²) in [4.78, 5) is 0. The van der Waals surface area contributed by atoms with Crippen molar-refractivity contribution in [1.82, 2.24) is 0 Å². The molecule has 0 saturated carbocycles. The number of aromatic hydroxyl groups is 2. The molecule has 0 spiro atoms. The molecule has 0 aliphatic carbocycles. The molecule has 72 valence electrons. The number of rotatable bonds is 4. The highest BCUT2D eigenvalue weighted by molar-refractivity contribution is 5.40. The van der Waals surface area contributed by atoms with Crippen LogP contribution in [-0.2, 0) is 4.74 Å². The van der Waals surface area contributed by atoms with E-state index in [1.165, 1.54) is 18.2 Å². The molecule has 4 nitrogen and oxygen atoms in total. The fourth-order valence-electron chi connectivity index (χ4n) is 0.894. The minimum Gasteiger partial charge on any atom is -0.508 e. The zero-order valence-electron chi connectivity index (χ0n) is 7.36. The van der Waals surface area contributed by atoms with Gasteiger partial charge in [-0.2, -0.15) is 0 Å². The van der Waals surface area contributed by atoms with Gasteiger partial charge < -0.3 is 19.7 Å². The molecule has 0 radical (unpaired) electrons. The highest BCUT2D eigenvalue weighted by Gasteiger charge is 1.99.